The van der Waals surface area contributed by atoms with Crippen LogP contribution >= 0.6 is 11.6 Å². The fourth-order valence-corrected chi connectivity index (χ4v) is 2.38. The van der Waals surface area contributed by atoms with Gasteiger partial charge in [-0.1, -0.05) is 29.8 Å². The Hall–Kier alpha value is -1.84. The standard InChI is InChI=1S/C15H13ClN2O/c1-9-4-2-5-10-8-12(19-15(9)10)13(17)14-11(16)6-3-7-18-14/h2-8,13H,17H2,1H3. The summed E-state index contributed by atoms with van der Waals surface area (Å²) < 4.78 is 5.85. The van der Waals surface area contributed by atoms with E-state index in [9.17, 15) is 0 Å². The lowest BCUT2D eigenvalue weighted by Crippen LogP contribution is -2.13. The summed E-state index contributed by atoms with van der Waals surface area (Å²) in [6.07, 6.45) is 1.68. The van der Waals surface area contributed by atoms with Crippen molar-refractivity contribution in [2.75, 3.05) is 0 Å². The highest BCUT2D eigenvalue weighted by atomic mass is 35.5. The lowest BCUT2D eigenvalue weighted by molar-refractivity contribution is 0.519. The molecule has 0 aliphatic heterocycles. The maximum absolute atomic E-state index is 6.19. The van der Waals surface area contributed by atoms with Gasteiger partial charge in [0.1, 0.15) is 17.4 Å². The molecule has 2 heterocycles. The minimum absolute atomic E-state index is 0.458. The monoisotopic (exact) mass is 272 g/mol. The first-order valence-corrected chi connectivity index (χ1v) is 6.39. The molecule has 1 aromatic carbocycles. The molecule has 0 saturated carbocycles. The Morgan fingerprint density at radius 2 is 2.11 bits per heavy atom. The SMILES string of the molecule is Cc1cccc2cc(C(N)c3ncccc3Cl)oc12. The van der Waals surface area contributed by atoms with Crippen molar-refractivity contribution in [1.29, 1.82) is 0 Å². The topological polar surface area (TPSA) is 52.0 Å². The van der Waals surface area contributed by atoms with Crippen LogP contribution in [-0.4, -0.2) is 4.98 Å². The summed E-state index contributed by atoms with van der Waals surface area (Å²) in [5.74, 6) is 0.671. The summed E-state index contributed by atoms with van der Waals surface area (Å²) in [5, 5.41) is 1.59. The zero-order chi connectivity index (χ0) is 13.4. The fourth-order valence-electron chi connectivity index (χ4n) is 2.14. The van der Waals surface area contributed by atoms with Crippen LogP contribution < -0.4 is 5.73 Å². The number of para-hydroxylation sites is 1. The number of halogens is 1. The molecule has 1 atom stereocenters. The third kappa shape index (κ3) is 2.11. The number of furan rings is 1. The van der Waals surface area contributed by atoms with Crippen molar-refractivity contribution in [1.82, 2.24) is 4.98 Å². The normalized spacial score (nSPS) is 12.8. The van der Waals surface area contributed by atoms with Gasteiger partial charge in [0.15, 0.2) is 0 Å². The Kier molecular flexibility index (Phi) is 3.01. The maximum Gasteiger partial charge on any atom is 0.137 e. The summed E-state index contributed by atoms with van der Waals surface area (Å²) in [6.45, 7) is 2.01. The van der Waals surface area contributed by atoms with E-state index in [0.29, 0.717) is 16.5 Å². The van der Waals surface area contributed by atoms with Gasteiger partial charge in [0.05, 0.1) is 10.7 Å². The van der Waals surface area contributed by atoms with Crippen LogP contribution in [0.4, 0.5) is 0 Å². The Morgan fingerprint density at radius 1 is 1.26 bits per heavy atom. The van der Waals surface area contributed by atoms with Crippen molar-refractivity contribution < 1.29 is 4.42 Å². The molecule has 1 unspecified atom stereocenters. The van der Waals surface area contributed by atoms with Crippen molar-refractivity contribution in [3.05, 3.63) is 64.6 Å². The van der Waals surface area contributed by atoms with Gasteiger partial charge < -0.3 is 10.2 Å². The van der Waals surface area contributed by atoms with Crippen molar-refractivity contribution in [3.63, 3.8) is 0 Å². The van der Waals surface area contributed by atoms with E-state index in [1.54, 1.807) is 18.3 Å². The van der Waals surface area contributed by atoms with Crippen molar-refractivity contribution in [3.8, 4) is 0 Å². The maximum atomic E-state index is 6.19. The van der Waals surface area contributed by atoms with Crippen LogP contribution in [-0.2, 0) is 0 Å². The van der Waals surface area contributed by atoms with Crippen molar-refractivity contribution in [2.45, 2.75) is 13.0 Å². The van der Waals surface area contributed by atoms with Gasteiger partial charge in [-0.05, 0) is 30.7 Å². The molecule has 3 rings (SSSR count). The second-order valence-corrected chi connectivity index (χ2v) is 4.90. The van der Waals surface area contributed by atoms with Crippen LogP contribution in [0.3, 0.4) is 0 Å². The minimum atomic E-state index is -0.458. The third-order valence-electron chi connectivity index (χ3n) is 3.15. The molecular weight excluding hydrogens is 260 g/mol. The molecule has 4 heteroatoms. The van der Waals surface area contributed by atoms with E-state index >= 15 is 0 Å². The second kappa shape index (κ2) is 4.68. The fraction of sp³-hybridized carbons (Fsp3) is 0.133. The van der Waals surface area contributed by atoms with E-state index in [1.807, 2.05) is 31.2 Å². The number of hydrogen-bond donors (Lipinski definition) is 1. The zero-order valence-electron chi connectivity index (χ0n) is 10.4. The van der Waals surface area contributed by atoms with Crippen LogP contribution in [0.2, 0.25) is 5.02 Å². The summed E-state index contributed by atoms with van der Waals surface area (Å²) in [6, 6.07) is 11.0. The summed E-state index contributed by atoms with van der Waals surface area (Å²) in [7, 11) is 0. The molecule has 0 spiro atoms. The molecule has 3 aromatic rings. The molecule has 2 aromatic heterocycles. The predicted molar refractivity (Wildman–Crippen MR) is 76.2 cm³/mol. The molecule has 96 valence electrons. The number of pyridine rings is 1. The second-order valence-electron chi connectivity index (χ2n) is 4.49. The molecular formula is C15H13ClN2O. The quantitative estimate of drug-likeness (QED) is 0.771. The van der Waals surface area contributed by atoms with Gasteiger partial charge in [0, 0.05) is 11.6 Å². The third-order valence-corrected chi connectivity index (χ3v) is 3.47. The van der Waals surface area contributed by atoms with E-state index in [-0.39, 0.29) is 0 Å². The highest BCUT2D eigenvalue weighted by molar-refractivity contribution is 6.31. The Labute approximate surface area is 116 Å². The minimum Gasteiger partial charge on any atom is -0.459 e. The van der Waals surface area contributed by atoms with Gasteiger partial charge in [-0.25, -0.2) is 0 Å². The number of rotatable bonds is 2. The Morgan fingerprint density at radius 3 is 2.84 bits per heavy atom. The molecule has 0 amide bonds. The van der Waals surface area contributed by atoms with E-state index in [4.69, 9.17) is 21.8 Å². The van der Waals surface area contributed by atoms with E-state index in [2.05, 4.69) is 4.98 Å². The van der Waals surface area contributed by atoms with Crippen LogP contribution in [0.25, 0.3) is 11.0 Å². The molecule has 0 aliphatic carbocycles. The van der Waals surface area contributed by atoms with Crippen LogP contribution in [0.15, 0.2) is 47.0 Å². The number of fused-ring (bicyclic) bond motifs is 1. The summed E-state index contributed by atoms with van der Waals surface area (Å²) in [4.78, 5) is 4.23. The first kappa shape index (κ1) is 12.2. The Balaban J connectivity index is 2.10. The smallest absolute Gasteiger partial charge is 0.137 e. The molecule has 0 saturated heterocycles. The number of aromatic nitrogens is 1. The lowest BCUT2D eigenvalue weighted by atomic mass is 10.1. The lowest BCUT2D eigenvalue weighted by Gasteiger charge is -2.09. The highest BCUT2D eigenvalue weighted by Gasteiger charge is 2.18. The van der Waals surface area contributed by atoms with Gasteiger partial charge in [-0.3, -0.25) is 4.98 Å². The summed E-state index contributed by atoms with van der Waals surface area (Å²) in [5.41, 5.74) is 8.76. The van der Waals surface area contributed by atoms with Crippen molar-refractivity contribution >= 4 is 22.6 Å². The molecule has 2 N–H and O–H groups in total. The number of benzene rings is 1. The molecule has 0 fully saturated rings. The van der Waals surface area contributed by atoms with Gasteiger partial charge in [-0.15, -0.1) is 0 Å². The van der Waals surface area contributed by atoms with Crippen LogP contribution in [0.1, 0.15) is 23.1 Å². The number of aryl methyl sites for hydroxylation is 1. The summed E-state index contributed by atoms with van der Waals surface area (Å²) >= 11 is 6.11. The number of nitrogens with zero attached hydrogens (tertiary/aromatic N) is 1. The van der Waals surface area contributed by atoms with Gasteiger partial charge in [0.25, 0.3) is 0 Å². The Bertz CT molecular complexity index is 736. The highest BCUT2D eigenvalue weighted by Crippen LogP contribution is 2.30. The number of nitrogens with two attached hydrogens (primary N) is 1. The first-order chi connectivity index (χ1) is 9.16. The van der Waals surface area contributed by atoms with Gasteiger partial charge >= 0.3 is 0 Å². The van der Waals surface area contributed by atoms with E-state index in [0.717, 1.165) is 16.5 Å². The molecule has 0 aliphatic rings. The van der Waals surface area contributed by atoms with E-state index in [1.165, 1.54) is 0 Å². The molecule has 0 radical (unpaired) electrons. The van der Waals surface area contributed by atoms with Crippen LogP contribution in [0.5, 0.6) is 0 Å². The molecule has 3 nitrogen and oxygen atoms in total. The largest absolute Gasteiger partial charge is 0.459 e. The molecule has 19 heavy (non-hydrogen) atoms. The van der Waals surface area contributed by atoms with Crippen molar-refractivity contribution in [2.24, 2.45) is 5.73 Å². The average molecular weight is 273 g/mol. The number of hydrogen-bond acceptors (Lipinski definition) is 3. The van der Waals surface area contributed by atoms with Gasteiger partial charge in [0.2, 0.25) is 0 Å². The van der Waals surface area contributed by atoms with Crippen LogP contribution in [0, 0.1) is 6.92 Å². The van der Waals surface area contributed by atoms with Gasteiger partial charge in [-0.2, -0.15) is 0 Å². The first-order valence-electron chi connectivity index (χ1n) is 6.02. The molecule has 0 bridgehead atoms. The average Bonchev–Trinajstić information content (AvgIpc) is 2.84. The zero-order valence-corrected chi connectivity index (χ0v) is 11.2. The van der Waals surface area contributed by atoms with E-state index < -0.39 is 6.04 Å². The predicted octanol–water partition coefficient (Wildman–Crippen LogP) is 3.84.